The molecule has 2 heterocycles. The number of aromatic hydroxyl groups is 1. The molecule has 2 aromatic heterocycles. The van der Waals surface area contributed by atoms with Crippen molar-refractivity contribution in [3.8, 4) is 39.8 Å². The fourth-order valence-corrected chi connectivity index (χ4v) is 4.78. The van der Waals surface area contributed by atoms with E-state index in [0.717, 1.165) is 37.6 Å². The lowest BCUT2D eigenvalue weighted by Crippen LogP contribution is -1.88. The molecule has 0 saturated heterocycles. The van der Waals surface area contributed by atoms with E-state index in [1.54, 1.807) is 35.9 Å². The number of phenolic OH excluding ortho intramolecular Hbond substituents is 1. The van der Waals surface area contributed by atoms with Crippen LogP contribution in [0.15, 0.2) is 78.9 Å². The second-order valence-electron chi connectivity index (χ2n) is 7.27. The molecule has 0 aliphatic heterocycles. The number of unbranched alkanes of at least 4 members (excludes halogenated alkanes) is 1. The van der Waals surface area contributed by atoms with E-state index in [1.807, 2.05) is 36.4 Å². The third-order valence-corrected chi connectivity index (χ3v) is 6.23. The molecule has 0 fully saturated rings. The molecule has 1 aromatic carbocycles. The maximum Gasteiger partial charge on any atom is 0.122 e. The molecule has 0 amide bonds. The van der Waals surface area contributed by atoms with Crippen molar-refractivity contribution in [1.29, 1.82) is 0 Å². The lowest BCUT2D eigenvalue weighted by molar-refractivity contribution is 0.290. The average molecular weight is 444 g/mol. The van der Waals surface area contributed by atoms with Crippen molar-refractivity contribution in [1.82, 2.24) is 4.98 Å². The van der Waals surface area contributed by atoms with E-state index in [-0.39, 0.29) is 18.2 Å². The van der Waals surface area contributed by atoms with E-state index in [9.17, 15) is 9.50 Å². The normalized spacial score (nSPS) is 13.1. The Kier molecular flexibility index (Phi) is 6.96. The quantitative estimate of drug-likeness (QED) is 0.349. The average Bonchev–Trinajstić information content (AvgIpc) is 3.05. The van der Waals surface area contributed by atoms with Gasteiger partial charge in [-0.15, -0.1) is 11.3 Å². The minimum Gasteiger partial charge on any atom is -0.508 e. The van der Waals surface area contributed by atoms with Crippen molar-refractivity contribution >= 4 is 16.9 Å². The molecule has 5 heteroatoms. The number of hydrogen-bond acceptors (Lipinski definition) is 4. The van der Waals surface area contributed by atoms with Gasteiger partial charge in [0.25, 0.3) is 0 Å². The van der Waals surface area contributed by atoms with E-state index in [0.29, 0.717) is 19.3 Å². The summed E-state index contributed by atoms with van der Waals surface area (Å²) < 4.78 is 13.8. The van der Waals surface area contributed by atoms with Gasteiger partial charge in [-0.1, -0.05) is 36.1 Å². The van der Waals surface area contributed by atoms with Crippen LogP contribution >= 0.6 is 11.3 Å². The fourth-order valence-electron chi connectivity index (χ4n) is 3.52. The number of aliphatic hydroxyl groups excluding tert-OH is 1. The molecule has 32 heavy (non-hydrogen) atoms. The Hall–Kier alpha value is -3.46. The Morgan fingerprint density at radius 3 is 2.50 bits per heavy atom. The molecule has 0 spiro atoms. The lowest BCUT2D eigenvalue weighted by Gasteiger charge is -2.10. The first-order valence-electron chi connectivity index (χ1n) is 10.4. The number of rotatable bonds is 5. The summed E-state index contributed by atoms with van der Waals surface area (Å²) >= 11 is 1.58. The highest BCUT2D eigenvalue weighted by molar-refractivity contribution is 7.14. The van der Waals surface area contributed by atoms with Gasteiger partial charge in [0.15, 0.2) is 0 Å². The summed E-state index contributed by atoms with van der Waals surface area (Å²) in [5.41, 5.74) is 4.94. The summed E-state index contributed by atoms with van der Waals surface area (Å²) in [5, 5.41) is 18.9. The monoisotopic (exact) mass is 443 g/mol. The van der Waals surface area contributed by atoms with Gasteiger partial charge in [-0.2, -0.15) is 0 Å². The Balaban J connectivity index is 1.98. The lowest BCUT2D eigenvalue weighted by atomic mass is 9.92. The number of aromatic nitrogens is 1. The van der Waals surface area contributed by atoms with Gasteiger partial charge in [0, 0.05) is 41.4 Å². The second-order valence-corrected chi connectivity index (χ2v) is 8.29. The molecule has 0 saturated carbocycles. The maximum absolute atomic E-state index is 13.8. The second kappa shape index (κ2) is 10.2. The molecule has 0 radical (unpaired) electrons. The first-order valence-corrected chi connectivity index (χ1v) is 11.2. The molecule has 0 atom stereocenters. The summed E-state index contributed by atoms with van der Waals surface area (Å²) in [5.74, 6) is 6.39. The number of benzene rings is 1. The molecule has 160 valence electrons. The number of allylic oxidation sites excluding steroid dienone is 6. The first-order chi connectivity index (χ1) is 15.7. The van der Waals surface area contributed by atoms with Crippen molar-refractivity contribution in [2.45, 2.75) is 19.3 Å². The third-order valence-electron chi connectivity index (χ3n) is 5.05. The Morgan fingerprint density at radius 1 is 1.00 bits per heavy atom. The highest BCUT2D eigenvalue weighted by Crippen LogP contribution is 2.47. The molecule has 4 rings (SSSR count). The van der Waals surface area contributed by atoms with E-state index in [2.05, 4.69) is 16.8 Å². The molecule has 1 aliphatic carbocycles. The minimum absolute atomic E-state index is 0.106. The zero-order chi connectivity index (χ0) is 22.3. The van der Waals surface area contributed by atoms with E-state index < -0.39 is 0 Å². The van der Waals surface area contributed by atoms with Crippen LogP contribution in [0.1, 0.15) is 29.0 Å². The Labute approximate surface area is 190 Å². The van der Waals surface area contributed by atoms with E-state index in [4.69, 9.17) is 5.11 Å². The van der Waals surface area contributed by atoms with Crippen LogP contribution in [0.4, 0.5) is 4.39 Å². The number of aliphatic hydroxyl groups is 1. The van der Waals surface area contributed by atoms with Crippen molar-refractivity contribution in [3.05, 3.63) is 88.7 Å². The van der Waals surface area contributed by atoms with Crippen molar-refractivity contribution in [2.75, 3.05) is 6.61 Å². The standard InChI is InChI=1S/C27H22FNO2S/c28-22-6-4-5-21(8-11-22)27-26(20-14-16-29-17-15-20)25(19-9-12-23(31)13-10-19)24(32-27)7-2-1-3-18-30/h4,6,8-17,30-31H,1,3,5,18H2. The van der Waals surface area contributed by atoms with Crippen LogP contribution in [0, 0.1) is 11.8 Å². The Bertz CT molecular complexity index is 1240. The summed E-state index contributed by atoms with van der Waals surface area (Å²) in [6.45, 7) is 0.106. The predicted molar refractivity (Wildman–Crippen MR) is 129 cm³/mol. The number of thiophene rings is 1. The zero-order valence-electron chi connectivity index (χ0n) is 17.4. The fraction of sp³-hybridized carbons (Fsp3) is 0.148. The summed E-state index contributed by atoms with van der Waals surface area (Å²) in [7, 11) is 0. The zero-order valence-corrected chi connectivity index (χ0v) is 18.2. The molecule has 2 N–H and O–H groups in total. The molecule has 0 bridgehead atoms. The van der Waals surface area contributed by atoms with Gasteiger partial charge >= 0.3 is 0 Å². The molecular formula is C27H22FNO2S. The van der Waals surface area contributed by atoms with Crippen LogP contribution in [0.2, 0.25) is 0 Å². The van der Waals surface area contributed by atoms with Crippen molar-refractivity contribution in [2.24, 2.45) is 0 Å². The van der Waals surface area contributed by atoms with Gasteiger partial charge in [0.2, 0.25) is 0 Å². The number of halogens is 1. The van der Waals surface area contributed by atoms with Crippen molar-refractivity contribution < 1.29 is 14.6 Å². The molecule has 0 unspecified atom stereocenters. The van der Waals surface area contributed by atoms with Gasteiger partial charge in [-0.05, 0) is 66.0 Å². The van der Waals surface area contributed by atoms with Gasteiger partial charge in [-0.25, -0.2) is 4.39 Å². The third kappa shape index (κ3) is 4.88. The van der Waals surface area contributed by atoms with Crippen molar-refractivity contribution in [3.63, 3.8) is 0 Å². The van der Waals surface area contributed by atoms with Crippen LogP contribution in [0.3, 0.4) is 0 Å². The minimum atomic E-state index is -0.273. The molecule has 1 aliphatic rings. The van der Waals surface area contributed by atoms with Gasteiger partial charge in [-0.3, -0.25) is 4.98 Å². The SMILES string of the molecule is OCCCC#Cc1sc(C2=CC=C(F)C=CC2)c(-c2ccncc2)c1-c1ccc(O)cc1. The molecule has 3 nitrogen and oxygen atoms in total. The first kappa shape index (κ1) is 21.8. The summed E-state index contributed by atoms with van der Waals surface area (Å²) in [4.78, 5) is 6.09. The predicted octanol–water partition coefficient (Wildman–Crippen LogP) is 6.50. The van der Waals surface area contributed by atoms with Gasteiger partial charge in [0.1, 0.15) is 11.6 Å². The van der Waals surface area contributed by atoms with Crippen LogP contribution in [0.5, 0.6) is 5.75 Å². The van der Waals surface area contributed by atoms with Crippen LogP contribution in [0.25, 0.3) is 27.8 Å². The van der Waals surface area contributed by atoms with Crippen LogP contribution < -0.4 is 0 Å². The summed E-state index contributed by atoms with van der Waals surface area (Å²) in [6, 6.07) is 11.0. The smallest absolute Gasteiger partial charge is 0.122 e. The highest BCUT2D eigenvalue weighted by Gasteiger charge is 2.22. The number of phenols is 1. The number of nitrogens with zero attached hydrogens (tertiary/aromatic N) is 1. The largest absolute Gasteiger partial charge is 0.508 e. The van der Waals surface area contributed by atoms with E-state index in [1.165, 1.54) is 12.2 Å². The van der Waals surface area contributed by atoms with Gasteiger partial charge in [0.05, 0.1) is 4.88 Å². The summed E-state index contributed by atoms with van der Waals surface area (Å²) in [6.07, 6.45) is 12.0. The van der Waals surface area contributed by atoms with Crippen LogP contribution in [-0.4, -0.2) is 21.8 Å². The van der Waals surface area contributed by atoms with Crippen LogP contribution in [-0.2, 0) is 0 Å². The molecule has 3 aromatic rings. The van der Waals surface area contributed by atoms with Gasteiger partial charge < -0.3 is 10.2 Å². The Morgan fingerprint density at radius 2 is 1.75 bits per heavy atom. The topological polar surface area (TPSA) is 53.4 Å². The number of pyridine rings is 1. The maximum atomic E-state index is 13.8. The molecular weight excluding hydrogens is 421 g/mol. The highest BCUT2D eigenvalue weighted by atomic mass is 32.1. The number of hydrogen-bond donors (Lipinski definition) is 2. The van der Waals surface area contributed by atoms with E-state index >= 15 is 0 Å².